The van der Waals surface area contributed by atoms with E-state index in [4.69, 9.17) is 23.2 Å². The van der Waals surface area contributed by atoms with Crippen LogP contribution in [-0.4, -0.2) is 0 Å². The molecule has 11 heavy (non-hydrogen) atoms. The summed E-state index contributed by atoms with van der Waals surface area (Å²) in [7, 11) is 0. The molecule has 57 valence electrons. The van der Waals surface area contributed by atoms with Crippen LogP contribution in [0.3, 0.4) is 0 Å². The van der Waals surface area contributed by atoms with Crippen LogP contribution >= 0.6 is 23.2 Å². The number of rotatable bonds is 0. The van der Waals surface area contributed by atoms with Crippen LogP contribution in [0.4, 0.5) is 0 Å². The maximum atomic E-state index is 5.67. The first-order valence-electron chi connectivity index (χ1n) is 2.48. The van der Waals surface area contributed by atoms with Crippen molar-refractivity contribution >= 4 is 23.2 Å². The quantitative estimate of drug-likeness (QED) is 0.553. The van der Waals surface area contributed by atoms with Crippen molar-refractivity contribution in [1.29, 1.82) is 0 Å². The van der Waals surface area contributed by atoms with Gasteiger partial charge in [0.15, 0.2) is 0 Å². The van der Waals surface area contributed by atoms with Crippen molar-refractivity contribution in [2.24, 2.45) is 0 Å². The number of allylic oxidation sites excluding steroid dienone is 5. The van der Waals surface area contributed by atoms with Gasteiger partial charge in [0, 0.05) is 24.5 Å². The molecule has 1 aliphatic carbocycles. The molecule has 1 rings (SSSR count). The minimum Gasteiger partial charge on any atom is -1.00 e. The third-order valence-corrected chi connectivity index (χ3v) is 1.77. The first-order chi connectivity index (χ1) is 4.22. The number of halogens is 3. The Hall–Kier alpha value is 0.903. The summed E-state index contributed by atoms with van der Waals surface area (Å²) in [4.78, 5) is 0. The van der Waals surface area contributed by atoms with Crippen LogP contribution in [0.2, 0.25) is 0 Å². The fourth-order valence-electron chi connectivity index (χ4n) is 0.532. The third kappa shape index (κ3) is 3.89. The van der Waals surface area contributed by atoms with Crippen molar-refractivity contribution in [3.05, 3.63) is 40.8 Å². The molecule has 0 heterocycles. The van der Waals surface area contributed by atoms with Gasteiger partial charge in [0.1, 0.15) is 5.38 Å². The minimum atomic E-state index is 0. The maximum absolute atomic E-state index is 5.67. The Morgan fingerprint density at radius 3 is 2.18 bits per heavy atom. The van der Waals surface area contributed by atoms with E-state index >= 15 is 0 Å². The minimum absolute atomic E-state index is 0. The molecule has 0 saturated carbocycles. The molecule has 1 radical (unpaired) electrons. The molecule has 0 nitrogen and oxygen atoms in total. The topological polar surface area (TPSA) is 0 Å². The van der Waals surface area contributed by atoms with E-state index in [2.05, 4.69) is 6.58 Å². The van der Waals surface area contributed by atoms with Gasteiger partial charge in [0.05, 0.1) is 0 Å². The molecule has 4 heteroatoms. The molecule has 0 aliphatic heterocycles. The monoisotopic (exact) mass is 302 g/mol. The molecule has 0 unspecified atom stereocenters. The Morgan fingerprint density at radius 2 is 1.82 bits per heavy atom. The summed E-state index contributed by atoms with van der Waals surface area (Å²) < 4.78 is 0. The van der Waals surface area contributed by atoms with Gasteiger partial charge in [-0.1, -0.05) is 30.3 Å². The van der Waals surface area contributed by atoms with Gasteiger partial charge in [0.25, 0.3) is 0 Å². The summed E-state index contributed by atoms with van der Waals surface area (Å²) >= 11 is 11.3. The molecule has 0 bridgehead atoms. The SMILES string of the molecule is C=C1[C](Cl)C=CC=C1Cl.[Br-].[Zn]. The Bertz CT molecular complexity index is 199. The van der Waals surface area contributed by atoms with Gasteiger partial charge in [-0.3, -0.25) is 0 Å². The molecular formula is C7H5BrCl2Zn-. The van der Waals surface area contributed by atoms with E-state index in [1.54, 1.807) is 18.2 Å². The predicted molar refractivity (Wildman–Crippen MR) is 41.3 cm³/mol. The smallest absolute Gasteiger partial charge is 0.115 e. The summed E-state index contributed by atoms with van der Waals surface area (Å²) in [6.07, 6.45) is 5.31. The second-order valence-electron chi connectivity index (χ2n) is 1.70. The molecular weight excluding hydrogens is 300 g/mol. The number of hydrogen-bond donors (Lipinski definition) is 0. The van der Waals surface area contributed by atoms with E-state index in [1.807, 2.05) is 0 Å². The van der Waals surface area contributed by atoms with Gasteiger partial charge >= 0.3 is 0 Å². The van der Waals surface area contributed by atoms with E-state index in [0.717, 1.165) is 0 Å². The second-order valence-corrected chi connectivity index (χ2v) is 2.51. The van der Waals surface area contributed by atoms with Crippen LogP contribution < -0.4 is 17.0 Å². The second kappa shape index (κ2) is 6.42. The fraction of sp³-hybridized carbons (Fsp3) is 0. The normalized spacial score (nSPS) is 16.5. The van der Waals surface area contributed by atoms with E-state index in [1.165, 1.54) is 0 Å². The van der Waals surface area contributed by atoms with Crippen LogP contribution in [0.15, 0.2) is 35.4 Å². The van der Waals surface area contributed by atoms with Crippen molar-refractivity contribution in [3.8, 4) is 0 Å². The zero-order valence-electron chi connectivity index (χ0n) is 5.78. The Kier molecular flexibility index (Phi) is 8.42. The zero-order valence-corrected chi connectivity index (χ0v) is 11.8. The van der Waals surface area contributed by atoms with Crippen LogP contribution in [0.5, 0.6) is 0 Å². The van der Waals surface area contributed by atoms with Crippen molar-refractivity contribution in [2.75, 3.05) is 0 Å². The van der Waals surface area contributed by atoms with Gasteiger partial charge in [-0.15, -0.1) is 11.6 Å². The fourth-order valence-corrected chi connectivity index (χ4v) is 0.930. The van der Waals surface area contributed by atoms with Crippen molar-refractivity contribution in [2.45, 2.75) is 0 Å². The number of hydrogen-bond acceptors (Lipinski definition) is 0. The molecule has 0 atom stereocenters. The van der Waals surface area contributed by atoms with Gasteiger partial charge in [-0.05, 0) is 11.6 Å². The average Bonchev–Trinajstić information content (AvgIpc) is 1.83. The van der Waals surface area contributed by atoms with Crippen LogP contribution in [0.25, 0.3) is 0 Å². The molecule has 0 spiro atoms. The molecule has 1 aliphatic rings. The van der Waals surface area contributed by atoms with Crippen molar-refractivity contribution in [3.63, 3.8) is 0 Å². The van der Waals surface area contributed by atoms with E-state index in [9.17, 15) is 0 Å². The third-order valence-electron chi connectivity index (χ3n) is 1.06. The largest absolute Gasteiger partial charge is 1.00 e. The maximum Gasteiger partial charge on any atom is 0.115 e. The first kappa shape index (κ1) is 14.4. The summed E-state index contributed by atoms with van der Waals surface area (Å²) in [5, 5.41) is 1.23. The summed E-state index contributed by atoms with van der Waals surface area (Å²) in [6.45, 7) is 3.66. The Morgan fingerprint density at radius 1 is 1.27 bits per heavy atom. The van der Waals surface area contributed by atoms with Crippen molar-refractivity contribution < 1.29 is 36.5 Å². The zero-order chi connectivity index (χ0) is 6.85. The van der Waals surface area contributed by atoms with E-state index < -0.39 is 0 Å². The van der Waals surface area contributed by atoms with Crippen molar-refractivity contribution in [1.82, 2.24) is 0 Å². The molecule has 0 fully saturated rings. The summed E-state index contributed by atoms with van der Waals surface area (Å²) in [6, 6.07) is 0. The Labute approximate surface area is 99.9 Å². The summed E-state index contributed by atoms with van der Waals surface area (Å²) in [5.41, 5.74) is 0.695. The first-order valence-corrected chi connectivity index (χ1v) is 3.23. The van der Waals surface area contributed by atoms with Gasteiger partial charge in [-0.25, -0.2) is 0 Å². The van der Waals surface area contributed by atoms with Crippen LogP contribution in [0, 0.1) is 5.38 Å². The standard InChI is InChI=1S/C7H5Cl2.BrH.Zn/c1-5-6(8)3-2-4-7(5)9;;/h2-4H,1H2;1H;/p-1. The molecule has 0 aromatic rings. The molecule has 0 aromatic heterocycles. The predicted octanol–water partition coefficient (Wildman–Crippen LogP) is 0.00739. The van der Waals surface area contributed by atoms with Crippen LogP contribution in [-0.2, 0) is 19.5 Å². The molecule has 0 amide bonds. The van der Waals surface area contributed by atoms with Crippen LogP contribution in [0.1, 0.15) is 0 Å². The van der Waals surface area contributed by atoms with Gasteiger partial charge < -0.3 is 17.0 Å². The molecule has 0 aromatic carbocycles. The molecule has 0 N–H and O–H groups in total. The van der Waals surface area contributed by atoms with E-state index in [-0.39, 0.29) is 36.5 Å². The van der Waals surface area contributed by atoms with Gasteiger partial charge in [-0.2, -0.15) is 0 Å². The molecule has 0 saturated heterocycles. The Balaban J connectivity index is 0. The summed E-state index contributed by atoms with van der Waals surface area (Å²) in [5.74, 6) is 0. The van der Waals surface area contributed by atoms with E-state index in [0.29, 0.717) is 16.0 Å². The average molecular weight is 305 g/mol. The van der Waals surface area contributed by atoms with Gasteiger partial charge in [0.2, 0.25) is 0 Å².